The van der Waals surface area contributed by atoms with Crippen molar-refractivity contribution >= 4 is 40.0 Å². The first kappa shape index (κ1) is 21.7. The Bertz CT molecular complexity index is 1310. The van der Waals surface area contributed by atoms with E-state index in [4.69, 9.17) is 16.6 Å². The molecule has 0 fully saturated rings. The minimum absolute atomic E-state index is 0.234. The van der Waals surface area contributed by atoms with Gasteiger partial charge in [-0.1, -0.05) is 23.3 Å². The summed E-state index contributed by atoms with van der Waals surface area (Å²) in [5.41, 5.74) is 9.15. The number of nitrogens with zero attached hydrogens (tertiary/aromatic N) is 1. The molecule has 1 amide bonds. The highest BCUT2D eigenvalue weighted by atomic mass is 32.1. The minimum Gasteiger partial charge on any atom is -0.436 e. The molecule has 0 atom stereocenters. The maximum Gasteiger partial charge on any atom is 0.257 e. The standard InChI is InChI=1S/C26H25N3O2S/c1-14-8-15(2)10-20(9-14)24(30)29-26(32)28-21-13-19(7-6-16(21)3)25-27-22-11-17(4)18(5)12-23(22)31-25/h6-13H,1-5H3,(H2,28,29,30,32). The molecule has 0 unspecified atom stereocenters. The van der Waals surface area contributed by atoms with Gasteiger partial charge in [0.15, 0.2) is 10.7 Å². The summed E-state index contributed by atoms with van der Waals surface area (Å²) in [5, 5.41) is 6.13. The number of carbonyl (C=O) groups excluding carboxylic acids is 1. The van der Waals surface area contributed by atoms with Crippen molar-refractivity contribution in [3.63, 3.8) is 0 Å². The molecule has 0 saturated carbocycles. The zero-order chi connectivity index (χ0) is 23.0. The van der Waals surface area contributed by atoms with Crippen LogP contribution in [-0.2, 0) is 0 Å². The van der Waals surface area contributed by atoms with Crippen molar-refractivity contribution in [1.29, 1.82) is 0 Å². The van der Waals surface area contributed by atoms with E-state index in [9.17, 15) is 4.79 Å². The van der Waals surface area contributed by atoms with E-state index in [2.05, 4.69) is 29.5 Å². The number of hydrogen-bond donors (Lipinski definition) is 2. The summed E-state index contributed by atoms with van der Waals surface area (Å²) in [5.74, 6) is 0.297. The molecule has 0 radical (unpaired) electrons. The van der Waals surface area contributed by atoms with Crippen LogP contribution in [0.1, 0.15) is 38.2 Å². The minimum atomic E-state index is -0.243. The van der Waals surface area contributed by atoms with E-state index in [-0.39, 0.29) is 11.0 Å². The number of rotatable bonds is 3. The number of oxazole rings is 1. The number of thiocarbonyl (C=S) groups is 1. The van der Waals surface area contributed by atoms with Gasteiger partial charge in [-0.3, -0.25) is 10.1 Å². The van der Waals surface area contributed by atoms with Crippen LogP contribution in [0.2, 0.25) is 0 Å². The lowest BCUT2D eigenvalue weighted by Gasteiger charge is -2.13. The van der Waals surface area contributed by atoms with Crippen LogP contribution in [0, 0.1) is 34.6 Å². The monoisotopic (exact) mass is 443 g/mol. The third-order valence-electron chi connectivity index (χ3n) is 5.45. The van der Waals surface area contributed by atoms with E-state index in [0.717, 1.165) is 44.6 Å². The summed E-state index contributed by atoms with van der Waals surface area (Å²) in [7, 11) is 0. The Balaban J connectivity index is 1.55. The number of carbonyl (C=O) groups is 1. The molecule has 3 aromatic carbocycles. The molecule has 0 spiro atoms. The van der Waals surface area contributed by atoms with E-state index >= 15 is 0 Å². The topological polar surface area (TPSA) is 67.2 Å². The molecule has 4 rings (SSSR count). The van der Waals surface area contributed by atoms with Gasteiger partial charge in [0.1, 0.15) is 5.52 Å². The van der Waals surface area contributed by atoms with E-state index < -0.39 is 0 Å². The van der Waals surface area contributed by atoms with Crippen molar-refractivity contribution in [2.24, 2.45) is 0 Å². The first-order valence-corrected chi connectivity index (χ1v) is 10.8. The van der Waals surface area contributed by atoms with Crippen molar-refractivity contribution in [3.05, 3.63) is 81.9 Å². The van der Waals surface area contributed by atoms with Gasteiger partial charge in [-0.25, -0.2) is 4.98 Å². The van der Waals surface area contributed by atoms with Gasteiger partial charge in [0.25, 0.3) is 5.91 Å². The fourth-order valence-corrected chi connectivity index (χ4v) is 3.83. The van der Waals surface area contributed by atoms with Crippen molar-refractivity contribution < 1.29 is 9.21 Å². The first-order valence-electron chi connectivity index (χ1n) is 10.4. The summed E-state index contributed by atoms with van der Waals surface area (Å²) in [4.78, 5) is 17.3. The Morgan fingerprint density at radius 3 is 2.28 bits per heavy atom. The van der Waals surface area contributed by atoms with E-state index in [1.54, 1.807) is 0 Å². The SMILES string of the molecule is Cc1cc(C)cc(C(=O)NC(=S)Nc2cc(-c3nc4cc(C)c(C)cc4o3)ccc2C)c1. The molecule has 0 saturated heterocycles. The van der Waals surface area contributed by atoms with E-state index in [1.807, 2.05) is 69.3 Å². The summed E-state index contributed by atoms with van der Waals surface area (Å²) < 4.78 is 5.99. The summed E-state index contributed by atoms with van der Waals surface area (Å²) in [6.45, 7) is 10.0. The van der Waals surface area contributed by atoms with Crippen molar-refractivity contribution in [2.75, 3.05) is 5.32 Å². The lowest BCUT2D eigenvalue weighted by Crippen LogP contribution is -2.34. The zero-order valence-electron chi connectivity index (χ0n) is 18.8. The van der Waals surface area contributed by atoms with Crippen LogP contribution >= 0.6 is 12.2 Å². The molecular formula is C26H25N3O2S. The number of benzene rings is 3. The summed E-state index contributed by atoms with van der Waals surface area (Å²) in [6, 6.07) is 15.6. The number of anilines is 1. The van der Waals surface area contributed by atoms with Gasteiger partial charge in [0.05, 0.1) is 0 Å². The Morgan fingerprint density at radius 2 is 1.56 bits per heavy atom. The number of aromatic nitrogens is 1. The van der Waals surface area contributed by atoms with Gasteiger partial charge in [0.2, 0.25) is 5.89 Å². The fraction of sp³-hybridized carbons (Fsp3) is 0.192. The maximum absolute atomic E-state index is 12.6. The van der Waals surface area contributed by atoms with Crippen molar-refractivity contribution in [1.82, 2.24) is 10.3 Å². The highest BCUT2D eigenvalue weighted by molar-refractivity contribution is 7.80. The molecule has 0 aliphatic heterocycles. The van der Waals surface area contributed by atoms with Gasteiger partial charge in [-0.05, 0) is 99.9 Å². The second-order valence-corrected chi connectivity index (χ2v) is 8.65. The Kier molecular flexibility index (Phi) is 5.80. The second-order valence-electron chi connectivity index (χ2n) is 8.24. The predicted octanol–water partition coefficient (Wildman–Crippen LogP) is 6.16. The van der Waals surface area contributed by atoms with Crippen LogP contribution in [0.25, 0.3) is 22.6 Å². The number of nitrogens with one attached hydrogen (secondary N) is 2. The lowest BCUT2D eigenvalue weighted by atomic mass is 10.1. The van der Waals surface area contributed by atoms with Crippen LogP contribution in [0.4, 0.5) is 5.69 Å². The largest absolute Gasteiger partial charge is 0.436 e. The van der Waals surface area contributed by atoms with E-state index in [1.165, 1.54) is 5.56 Å². The zero-order valence-corrected chi connectivity index (χ0v) is 19.6. The number of amides is 1. The smallest absolute Gasteiger partial charge is 0.257 e. The molecule has 1 heterocycles. The molecule has 1 aromatic heterocycles. The molecule has 2 N–H and O–H groups in total. The number of fused-ring (bicyclic) bond motifs is 1. The average Bonchev–Trinajstić information content (AvgIpc) is 3.11. The van der Waals surface area contributed by atoms with Crippen LogP contribution < -0.4 is 10.6 Å². The first-order chi connectivity index (χ1) is 15.2. The highest BCUT2D eigenvalue weighted by Gasteiger charge is 2.13. The van der Waals surface area contributed by atoms with Gasteiger partial charge in [-0.15, -0.1) is 0 Å². The summed E-state index contributed by atoms with van der Waals surface area (Å²) >= 11 is 5.40. The van der Waals surface area contributed by atoms with Crippen molar-refractivity contribution in [2.45, 2.75) is 34.6 Å². The number of hydrogen-bond acceptors (Lipinski definition) is 4. The third kappa shape index (κ3) is 4.55. The van der Waals surface area contributed by atoms with Gasteiger partial charge >= 0.3 is 0 Å². The lowest BCUT2D eigenvalue weighted by molar-refractivity contribution is 0.0977. The van der Waals surface area contributed by atoms with Crippen LogP contribution in [-0.4, -0.2) is 16.0 Å². The Labute approximate surface area is 192 Å². The van der Waals surface area contributed by atoms with Crippen molar-refractivity contribution in [3.8, 4) is 11.5 Å². The maximum atomic E-state index is 12.6. The second kappa shape index (κ2) is 8.55. The highest BCUT2D eigenvalue weighted by Crippen LogP contribution is 2.29. The Hall–Kier alpha value is -3.51. The summed E-state index contributed by atoms with van der Waals surface area (Å²) in [6.07, 6.45) is 0. The third-order valence-corrected chi connectivity index (χ3v) is 5.65. The molecule has 0 aliphatic carbocycles. The molecule has 0 bridgehead atoms. The number of aryl methyl sites for hydroxylation is 5. The molecule has 5 nitrogen and oxygen atoms in total. The quantitative estimate of drug-likeness (QED) is 0.371. The van der Waals surface area contributed by atoms with E-state index in [0.29, 0.717) is 11.5 Å². The Morgan fingerprint density at radius 1 is 0.875 bits per heavy atom. The van der Waals surface area contributed by atoms with Gasteiger partial charge < -0.3 is 9.73 Å². The molecule has 4 aromatic rings. The predicted molar refractivity (Wildman–Crippen MR) is 133 cm³/mol. The average molecular weight is 444 g/mol. The molecule has 32 heavy (non-hydrogen) atoms. The molecule has 0 aliphatic rings. The van der Waals surface area contributed by atoms with Crippen LogP contribution in [0.3, 0.4) is 0 Å². The van der Waals surface area contributed by atoms with Gasteiger partial charge in [-0.2, -0.15) is 0 Å². The fourth-order valence-electron chi connectivity index (χ4n) is 3.63. The molecule has 162 valence electrons. The van der Waals surface area contributed by atoms with Gasteiger partial charge in [0, 0.05) is 16.8 Å². The normalized spacial score (nSPS) is 10.9. The molecular weight excluding hydrogens is 418 g/mol. The van der Waals surface area contributed by atoms with Crippen LogP contribution in [0.5, 0.6) is 0 Å². The molecule has 6 heteroatoms. The van der Waals surface area contributed by atoms with Crippen LogP contribution in [0.15, 0.2) is 52.9 Å².